The number of carbonyl (C=O) groups is 1. The summed E-state index contributed by atoms with van der Waals surface area (Å²) in [7, 11) is 3.30. The highest BCUT2D eigenvalue weighted by Gasteiger charge is 2.12. The van der Waals surface area contributed by atoms with E-state index in [4.69, 9.17) is 10.00 Å². The van der Waals surface area contributed by atoms with E-state index in [1.165, 1.54) is 7.11 Å². The second kappa shape index (κ2) is 6.64. The van der Waals surface area contributed by atoms with Crippen LogP contribution >= 0.6 is 0 Å². The first-order chi connectivity index (χ1) is 8.99. The molecule has 1 N–H and O–H groups in total. The smallest absolute Gasteiger partial charge is 0.241 e. The number of rotatable bonds is 5. The van der Waals surface area contributed by atoms with Crippen molar-refractivity contribution < 1.29 is 9.53 Å². The molecular weight excluding hydrogens is 242 g/mol. The number of nitrogens with zero attached hydrogens (tertiary/aromatic N) is 2. The third kappa shape index (κ3) is 3.88. The Morgan fingerprint density at radius 3 is 2.74 bits per heavy atom. The third-order valence-corrected chi connectivity index (χ3v) is 2.93. The molecule has 19 heavy (non-hydrogen) atoms. The van der Waals surface area contributed by atoms with Gasteiger partial charge in [-0.2, -0.15) is 5.26 Å². The van der Waals surface area contributed by atoms with Crippen molar-refractivity contribution in [1.29, 1.82) is 5.26 Å². The molecule has 1 aromatic rings. The van der Waals surface area contributed by atoms with Gasteiger partial charge in [0.2, 0.25) is 5.91 Å². The Bertz CT molecular complexity index is 492. The van der Waals surface area contributed by atoms with Gasteiger partial charge in [0.05, 0.1) is 31.0 Å². The molecule has 0 aliphatic carbocycles. The SMILES string of the molecule is COc1cc(C#N)ccc1NCC(=O)N(C)C(C)C. The Kier molecular flexibility index (Phi) is 5.19. The number of amides is 1. The van der Waals surface area contributed by atoms with Crippen LogP contribution in [0.15, 0.2) is 18.2 Å². The van der Waals surface area contributed by atoms with Gasteiger partial charge in [-0.3, -0.25) is 4.79 Å². The average Bonchev–Trinajstić information content (AvgIpc) is 2.43. The summed E-state index contributed by atoms with van der Waals surface area (Å²) >= 11 is 0. The summed E-state index contributed by atoms with van der Waals surface area (Å²) in [6, 6.07) is 7.26. The number of carbonyl (C=O) groups excluding carboxylic acids is 1. The zero-order valence-electron chi connectivity index (χ0n) is 11.7. The molecule has 5 nitrogen and oxygen atoms in total. The predicted molar refractivity (Wildman–Crippen MR) is 74.1 cm³/mol. The van der Waals surface area contributed by atoms with E-state index in [2.05, 4.69) is 5.32 Å². The van der Waals surface area contributed by atoms with Crippen molar-refractivity contribution in [1.82, 2.24) is 4.90 Å². The Morgan fingerprint density at radius 1 is 1.53 bits per heavy atom. The molecule has 0 unspecified atom stereocenters. The summed E-state index contributed by atoms with van der Waals surface area (Å²) in [5.41, 5.74) is 1.22. The van der Waals surface area contributed by atoms with E-state index < -0.39 is 0 Å². The second-order valence-electron chi connectivity index (χ2n) is 4.48. The first-order valence-corrected chi connectivity index (χ1v) is 6.07. The number of hydrogen-bond acceptors (Lipinski definition) is 4. The van der Waals surface area contributed by atoms with E-state index in [-0.39, 0.29) is 18.5 Å². The first kappa shape index (κ1) is 14.8. The number of nitrogens with one attached hydrogen (secondary N) is 1. The third-order valence-electron chi connectivity index (χ3n) is 2.93. The summed E-state index contributed by atoms with van der Waals surface area (Å²) in [6.07, 6.45) is 0. The van der Waals surface area contributed by atoms with Gasteiger partial charge in [0.15, 0.2) is 0 Å². The summed E-state index contributed by atoms with van der Waals surface area (Å²) in [4.78, 5) is 13.5. The van der Waals surface area contributed by atoms with Crippen molar-refractivity contribution in [2.45, 2.75) is 19.9 Å². The highest BCUT2D eigenvalue weighted by atomic mass is 16.5. The van der Waals surface area contributed by atoms with E-state index in [0.717, 1.165) is 0 Å². The second-order valence-corrected chi connectivity index (χ2v) is 4.48. The molecule has 5 heteroatoms. The van der Waals surface area contributed by atoms with Crippen molar-refractivity contribution in [3.05, 3.63) is 23.8 Å². The molecular formula is C14H19N3O2. The zero-order chi connectivity index (χ0) is 14.4. The van der Waals surface area contributed by atoms with Crippen LogP contribution in [0.4, 0.5) is 5.69 Å². The molecule has 0 spiro atoms. The van der Waals surface area contributed by atoms with Gasteiger partial charge in [-0.05, 0) is 26.0 Å². The van der Waals surface area contributed by atoms with Gasteiger partial charge in [0.25, 0.3) is 0 Å². The van der Waals surface area contributed by atoms with E-state index >= 15 is 0 Å². The van der Waals surface area contributed by atoms with Crippen molar-refractivity contribution in [2.24, 2.45) is 0 Å². The fraction of sp³-hybridized carbons (Fsp3) is 0.429. The van der Waals surface area contributed by atoms with E-state index in [1.807, 2.05) is 19.9 Å². The molecule has 0 saturated heterocycles. The summed E-state index contributed by atoms with van der Waals surface area (Å²) < 4.78 is 5.19. The van der Waals surface area contributed by atoms with Gasteiger partial charge in [-0.15, -0.1) is 0 Å². The van der Waals surface area contributed by atoms with Crippen molar-refractivity contribution >= 4 is 11.6 Å². The van der Waals surface area contributed by atoms with Gasteiger partial charge in [0.1, 0.15) is 5.75 Å². The molecule has 0 aromatic heterocycles. The van der Waals surface area contributed by atoms with Crippen LogP contribution < -0.4 is 10.1 Å². The molecule has 0 atom stereocenters. The molecule has 1 amide bonds. The average molecular weight is 261 g/mol. The maximum atomic E-state index is 11.9. The Morgan fingerprint density at radius 2 is 2.21 bits per heavy atom. The fourth-order valence-corrected chi connectivity index (χ4v) is 1.49. The maximum absolute atomic E-state index is 11.9. The minimum atomic E-state index is 0.00131. The van der Waals surface area contributed by atoms with Crippen LogP contribution in [0.5, 0.6) is 5.75 Å². The highest BCUT2D eigenvalue weighted by Crippen LogP contribution is 2.25. The minimum absolute atomic E-state index is 0.00131. The van der Waals surface area contributed by atoms with Crippen LogP contribution in [0.3, 0.4) is 0 Å². The lowest BCUT2D eigenvalue weighted by molar-refractivity contribution is -0.129. The fourth-order valence-electron chi connectivity index (χ4n) is 1.49. The van der Waals surface area contributed by atoms with Gasteiger partial charge in [-0.25, -0.2) is 0 Å². The minimum Gasteiger partial charge on any atom is -0.495 e. The number of benzene rings is 1. The molecule has 0 heterocycles. The number of methoxy groups -OCH3 is 1. The Labute approximate surface area is 113 Å². The monoisotopic (exact) mass is 261 g/mol. The van der Waals surface area contributed by atoms with Crippen molar-refractivity contribution in [3.8, 4) is 11.8 Å². The Hall–Kier alpha value is -2.22. The maximum Gasteiger partial charge on any atom is 0.241 e. The summed E-state index contributed by atoms with van der Waals surface area (Å²) in [5.74, 6) is 0.556. The van der Waals surface area contributed by atoms with Crippen LogP contribution in [0, 0.1) is 11.3 Å². The molecule has 0 aliphatic heterocycles. The molecule has 0 radical (unpaired) electrons. The van der Waals surface area contributed by atoms with Crippen LogP contribution in [0.25, 0.3) is 0 Å². The van der Waals surface area contributed by atoms with Crippen molar-refractivity contribution in [2.75, 3.05) is 26.0 Å². The lowest BCUT2D eigenvalue weighted by atomic mass is 10.2. The predicted octanol–water partition coefficient (Wildman–Crippen LogP) is 1.85. The molecule has 1 rings (SSSR count). The van der Waals surface area contributed by atoms with Crippen molar-refractivity contribution in [3.63, 3.8) is 0 Å². The zero-order valence-corrected chi connectivity index (χ0v) is 11.7. The number of nitriles is 1. The van der Waals surface area contributed by atoms with Gasteiger partial charge in [0, 0.05) is 19.2 Å². The van der Waals surface area contributed by atoms with Gasteiger partial charge < -0.3 is 15.0 Å². The number of anilines is 1. The lowest BCUT2D eigenvalue weighted by Crippen LogP contribution is -2.37. The van der Waals surface area contributed by atoms with E-state index in [1.54, 1.807) is 30.1 Å². The van der Waals surface area contributed by atoms with Gasteiger partial charge in [-0.1, -0.05) is 0 Å². The standard InChI is InChI=1S/C14H19N3O2/c1-10(2)17(3)14(18)9-16-12-6-5-11(8-15)7-13(12)19-4/h5-7,10,16H,9H2,1-4H3. The largest absolute Gasteiger partial charge is 0.495 e. The number of hydrogen-bond donors (Lipinski definition) is 1. The van der Waals surface area contributed by atoms with E-state index in [0.29, 0.717) is 17.0 Å². The molecule has 1 aromatic carbocycles. The lowest BCUT2D eigenvalue weighted by Gasteiger charge is -2.22. The quantitative estimate of drug-likeness (QED) is 0.878. The van der Waals surface area contributed by atoms with Crippen LogP contribution in [0.2, 0.25) is 0 Å². The normalized spacial score (nSPS) is 9.89. The summed E-state index contributed by atoms with van der Waals surface area (Å²) in [6.45, 7) is 4.11. The molecule has 0 fully saturated rings. The molecule has 102 valence electrons. The highest BCUT2D eigenvalue weighted by molar-refractivity contribution is 5.81. The molecule has 0 saturated carbocycles. The molecule has 0 bridgehead atoms. The van der Waals surface area contributed by atoms with Gasteiger partial charge >= 0.3 is 0 Å². The number of likely N-dealkylation sites (N-methyl/N-ethyl adjacent to an activating group) is 1. The van der Waals surface area contributed by atoms with Crippen LogP contribution in [-0.2, 0) is 4.79 Å². The van der Waals surface area contributed by atoms with Crippen LogP contribution in [0.1, 0.15) is 19.4 Å². The Balaban J connectivity index is 2.73. The summed E-state index contributed by atoms with van der Waals surface area (Å²) in [5, 5.41) is 11.8. The topological polar surface area (TPSA) is 65.4 Å². The van der Waals surface area contributed by atoms with E-state index in [9.17, 15) is 4.79 Å². The number of ether oxygens (including phenoxy) is 1. The first-order valence-electron chi connectivity index (χ1n) is 6.07. The molecule has 0 aliphatic rings. The van der Waals surface area contributed by atoms with Crippen LogP contribution in [-0.4, -0.2) is 37.6 Å².